The number of carbonyl (C=O) groups is 2. The molecule has 1 atom stereocenters. The van der Waals surface area contributed by atoms with Gasteiger partial charge in [-0.05, 0) is 5.92 Å². The molecule has 5 nitrogen and oxygen atoms in total. The average Bonchev–Trinajstić information content (AvgIpc) is 2.03. The number of aliphatic carboxylic acids is 1. The van der Waals surface area contributed by atoms with Crippen molar-refractivity contribution in [3.63, 3.8) is 0 Å². The van der Waals surface area contributed by atoms with E-state index >= 15 is 0 Å². The molecule has 1 unspecified atom stereocenters. The van der Waals surface area contributed by atoms with Crippen molar-refractivity contribution in [1.29, 1.82) is 0 Å². The maximum absolute atomic E-state index is 11.0. The fraction of sp³-hybridized carbons (Fsp3) is 0.750. The molecule has 74 valence electrons. The summed E-state index contributed by atoms with van der Waals surface area (Å²) >= 11 is 0. The van der Waals surface area contributed by atoms with Gasteiger partial charge in [0.15, 0.2) is 5.54 Å². The van der Waals surface area contributed by atoms with Crippen LogP contribution in [0.4, 0.5) is 0 Å². The van der Waals surface area contributed by atoms with Gasteiger partial charge >= 0.3 is 5.97 Å². The second kappa shape index (κ2) is 3.33. The molecule has 0 aliphatic carbocycles. The minimum atomic E-state index is -1.25. The lowest BCUT2D eigenvalue weighted by Crippen LogP contribution is -2.64. The van der Waals surface area contributed by atoms with Gasteiger partial charge in [-0.3, -0.25) is 4.79 Å². The number of ether oxygens (including phenoxy) is 1. The van der Waals surface area contributed by atoms with E-state index in [1.165, 1.54) is 0 Å². The molecule has 1 aliphatic heterocycles. The van der Waals surface area contributed by atoms with Crippen LogP contribution >= 0.6 is 0 Å². The van der Waals surface area contributed by atoms with Crippen LogP contribution in [0.3, 0.4) is 0 Å². The Morgan fingerprint density at radius 3 is 2.62 bits per heavy atom. The quantitative estimate of drug-likeness (QED) is 0.617. The zero-order valence-corrected chi connectivity index (χ0v) is 7.66. The molecule has 2 N–H and O–H groups in total. The number of hydrogen-bond acceptors (Lipinski definition) is 3. The number of carboxylic acids is 1. The molecular formula is C8H13NO4. The minimum absolute atomic E-state index is 0.0335. The highest BCUT2D eigenvalue weighted by Crippen LogP contribution is 2.20. The smallest absolute Gasteiger partial charge is 0.332 e. The van der Waals surface area contributed by atoms with Crippen LogP contribution in [0.2, 0.25) is 0 Å². The molecule has 0 aromatic carbocycles. The lowest BCUT2D eigenvalue weighted by Gasteiger charge is -2.36. The van der Waals surface area contributed by atoms with Gasteiger partial charge in [0.25, 0.3) is 0 Å². The van der Waals surface area contributed by atoms with Crippen molar-refractivity contribution in [1.82, 2.24) is 5.32 Å². The second-order valence-corrected chi connectivity index (χ2v) is 3.47. The molecule has 13 heavy (non-hydrogen) atoms. The molecule has 1 aliphatic rings. The predicted molar refractivity (Wildman–Crippen MR) is 44.2 cm³/mol. The summed E-state index contributed by atoms with van der Waals surface area (Å²) in [6.07, 6.45) is 0. The highest BCUT2D eigenvalue weighted by molar-refractivity contribution is 5.89. The van der Waals surface area contributed by atoms with Crippen molar-refractivity contribution in [3.05, 3.63) is 0 Å². The monoisotopic (exact) mass is 187 g/mol. The van der Waals surface area contributed by atoms with E-state index in [0.717, 1.165) is 0 Å². The summed E-state index contributed by atoms with van der Waals surface area (Å²) in [6, 6.07) is 0. The zero-order chi connectivity index (χ0) is 10.1. The van der Waals surface area contributed by atoms with Crippen LogP contribution in [0.1, 0.15) is 13.8 Å². The topological polar surface area (TPSA) is 75.6 Å². The van der Waals surface area contributed by atoms with Gasteiger partial charge in [0.2, 0.25) is 5.91 Å². The third-order valence-electron chi connectivity index (χ3n) is 2.29. The Bertz CT molecular complexity index is 238. The Morgan fingerprint density at radius 2 is 2.31 bits per heavy atom. The number of carbonyl (C=O) groups excluding carboxylic acids is 1. The molecule has 0 bridgehead atoms. The SMILES string of the molecule is CC(C)C1(C(=O)O)COCC(=O)N1. The van der Waals surface area contributed by atoms with E-state index in [1.54, 1.807) is 13.8 Å². The van der Waals surface area contributed by atoms with Crippen molar-refractivity contribution < 1.29 is 19.4 Å². The summed E-state index contributed by atoms with van der Waals surface area (Å²) in [4.78, 5) is 22.0. The molecule has 1 heterocycles. The molecule has 0 spiro atoms. The summed E-state index contributed by atoms with van der Waals surface area (Å²) < 4.78 is 4.93. The van der Waals surface area contributed by atoms with Crippen molar-refractivity contribution in [2.24, 2.45) is 5.92 Å². The molecule has 0 aromatic heterocycles. The van der Waals surface area contributed by atoms with Crippen LogP contribution in [0, 0.1) is 5.92 Å². The van der Waals surface area contributed by atoms with E-state index in [2.05, 4.69) is 5.32 Å². The summed E-state index contributed by atoms with van der Waals surface area (Å²) in [5.74, 6) is -1.62. The first-order valence-corrected chi connectivity index (χ1v) is 4.11. The van der Waals surface area contributed by atoms with E-state index in [4.69, 9.17) is 9.84 Å². The second-order valence-electron chi connectivity index (χ2n) is 3.47. The normalized spacial score (nSPS) is 28.7. The third kappa shape index (κ3) is 1.65. The Kier molecular flexibility index (Phi) is 2.56. The predicted octanol–water partition coefficient (Wildman–Crippen LogP) is -0.388. The lowest BCUT2D eigenvalue weighted by atomic mass is 9.86. The van der Waals surface area contributed by atoms with E-state index in [9.17, 15) is 9.59 Å². The molecule has 0 radical (unpaired) electrons. The Hall–Kier alpha value is -1.10. The van der Waals surface area contributed by atoms with Crippen LogP contribution < -0.4 is 5.32 Å². The number of carboxylic acid groups (broad SMARTS) is 1. The molecule has 5 heteroatoms. The Morgan fingerprint density at radius 1 is 1.69 bits per heavy atom. The van der Waals surface area contributed by atoms with Gasteiger partial charge in [-0.2, -0.15) is 0 Å². The number of rotatable bonds is 2. The highest BCUT2D eigenvalue weighted by atomic mass is 16.5. The van der Waals surface area contributed by atoms with E-state index < -0.39 is 11.5 Å². The summed E-state index contributed by atoms with van der Waals surface area (Å²) in [6.45, 7) is 3.46. The summed E-state index contributed by atoms with van der Waals surface area (Å²) in [5, 5.41) is 11.4. The zero-order valence-electron chi connectivity index (χ0n) is 7.66. The molecule has 0 aromatic rings. The Labute approximate surface area is 76.1 Å². The summed E-state index contributed by atoms with van der Waals surface area (Å²) in [5.41, 5.74) is -1.25. The first-order valence-electron chi connectivity index (χ1n) is 4.11. The van der Waals surface area contributed by atoms with Crippen LogP contribution in [0.25, 0.3) is 0 Å². The standard InChI is InChI=1S/C8H13NO4/c1-5(2)8(7(11)12)4-13-3-6(10)9-8/h5H,3-4H2,1-2H3,(H,9,10)(H,11,12). The molecule has 1 amide bonds. The largest absolute Gasteiger partial charge is 0.479 e. The van der Waals surface area contributed by atoms with Crippen molar-refractivity contribution >= 4 is 11.9 Å². The van der Waals surface area contributed by atoms with Gasteiger partial charge in [0.05, 0.1) is 6.61 Å². The van der Waals surface area contributed by atoms with Gasteiger partial charge in [0, 0.05) is 0 Å². The number of hydrogen-bond donors (Lipinski definition) is 2. The first-order chi connectivity index (χ1) is 5.99. The number of amides is 1. The van der Waals surface area contributed by atoms with Crippen LogP contribution in [-0.4, -0.2) is 35.7 Å². The molecule has 1 fully saturated rings. The molecule has 0 saturated carbocycles. The maximum Gasteiger partial charge on any atom is 0.332 e. The van der Waals surface area contributed by atoms with Crippen LogP contribution in [0.5, 0.6) is 0 Å². The fourth-order valence-electron chi connectivity index (χ4n) is 1.30. The van der Waals surface area contributed by atoms with Crippen molar-refractivity contribution in [2.75, 3.05) is 13.2 Å². The van der Waals surface area contributed by atoms with E-state index in [-0.39, 0.29) is 25.0 Å². The van der Waals surface area contributed by atoms with Gasteiger partial charge < -0.3 is 15.2 Å². The first kappa shape index (κ1) is 9.98. The van der Waals surface area contributed by atoms with Gasteiger partial charge in [-0.15, -0.1) is 0 Å². The number of morpholine rings is 1. The lowest BCUT2D eigenvalue weighted by molar-refractivity contribution is -0.160. The van der Waals surface area contributed by atoms with Crippen LogP contribution in [-0.2, 0) is 14.3 Å². The van der Waals surface area contributed by atoms with Crippen LogP contribution in [0.15, 0.2) is 0 Å². The van der Waals surface area contributed by atoms with Gasteiger partial charge in [-0.25, -0.2) is 4.79 Å². The third-order valence-corrected chi connectivity index (χ3v) is 2.29. The van der Waals surface area contributed by atoms with E-state index in [1.807, 2.05) is 0 Å². The van der Waals surface area contributed by atoms with Crippen molar-refractivity contribution in [3.8, 4) is 0 Å². The molecule has 1 saturated heterocycles. The van der Waals surface area contributed by atoms with Gasteiger partial charge in [-0.1, -0.05) is 13.8 Å². The highest BCUT2D eigenvalue weighted by Gasteiger charge is 2.45. The van der Waals surface area contributed by atoms with E-state index in [0.29, 0.717) is 0 Å². The fourth-order valence-corrected chi connectivity index (χ4v) is 1.30. The average molecular weight is 187 g/mol. The maximum atomic E-state index is 11.0. The number of nitrogens with one attached hydrogen (secondary N) is 1. The molecule has 1 rings (SSSR count). The van der Waals surface area contributed by atoms with Crippen molar-refractivity contribution in [2.45, 2.75) is 19.4 Å². The van der Waals surface area contributed by atoms with Gasteiger partial charge in [0.1, 0.15) is 6.61 Å². The summed E-state index contributed by atoms with van der Waals surface area (Å²) in [7, 11) is 0. The molecular weight excluding hydrogens is 174 g/mol. The Balaban J connectivity index is 2.89. The minimum Gasteiger partial charge on any atom is -0.479 e.